The molecule has 3 fully saturated rings. The van der Waals surface area contributed by atoms with Gasteiger partial charge in [-0.25, -0.2) is 0 Å². The molecule has 0 radical (unpaired) electrons. The lowest BCUT2D eigenvalue weighted by Crippen LogP contribution is -2.64. The van der Waals surface area contributed by atoms with E-state index in [0.29, 0.717) is 17.4 Å². The predicted octanol–water partition coefficient (Wildman–Crippen LogP) is 3.47. The highest BCUT2D eigenvalue weighted by Crippen LogP contribution is 2.39. The molecule has 1 atom stereocenters. The maximum Gasteiger partial charge on any atom is 0.108 e. The Labute approximate surface area is 187 Å². The van der Waals surface area contributed by atoms with Crippen molar-refractivity contribution < 1.29 is 4.74 Å². The minimum absolute atomic E-state index is 0.232. The lowest BCUT2D eigenvalue weighted by molar-refractivity contribution is -0.00812. The fourth-order valence-corrected chi connectivity index (χ4v) is 5.49. The third-order valence-electron chi connectivity index (χ3n) is 6.84. The largest absolute Gasteiger partial charge is 0.376 e. The molecule has 0 bridgehead atoms. The smallest absolute Gasteiger partial charge is 0.108 e. The van der Waals surface area contributed by atoms with E-state index in [-0.39, 0.29) is 6.10 Å². The Hall–Kier alpha value is -1.92. The monoisotopic (exact) mass is 425 g/mol. The number of nitrogens with zero attached hydrogens (tertiary/aromatic N) is 4. The molecule has 31 heavy (non-hydrogen) atoms. The molecule has 0 aromatic heterocycles. The molecule has 2 N–H and O–H groups in total. The standard InChI is InChI=1S/C25H39N5O/c1-19-11-20(30-17-25(4,18-30)16-29-14-24(2,3)15-29)8-9-22(19)23(28-26)13-27-12-21-7-5-6-10-31-21/h8-9,11,13,21H,5-7,10,12,14-18,26H2,1-4H3/b27-13?,28-23+. The molecule has 3 aliphatic heterocycles. The number of hydrogen-bond donors (Lipinski definition) is 1. The molecular weight excluding hydrogens is 386 g/mol. The summed E-state index contributed by atoms with van der Waals surface area (Å²) in [6.45, 7) is 16.7. The topological polar surface area (TPSA) is 66.5 Å². The van der Waals surface area contributed by atoms with E-state index >= 15 is 0 Å². The van der Waals surface area contributed by atoms with Gasteiger partial charge >= 0.3 is 0 Å². The Kier molecular flexibility index (Phi) is 6.40. The number of likely N-dealkylation sites (tertiary alicyclic amines) is 1. The normalized spacial score (nSPS) is 26.0. The molecule has 0 amide bonds. The number of hydrogen-bond acceptors (Lipinski definition) is 6. The van der Waals surface area contributed by atoms with Crippen LogP contribution in [0.25, 0.3) is 0 Å². The number of hydrazone groups is 1. The van der Waals surface area contributed by atoms with Crippen molar-refractivity contribution in [3.05, 3.63) is 29.3 Å². The van der Waals surface area contributed by atoms with Crippen molar-refractivity contribution in [2.45, 2.75) is 53.1 Å². The van der Waals surface area contributed by atoms with Gasteiger partial charge in [0.1, 0.15) is 5.71 Å². The average molecular weight is 426 g/mol. The summed E-state index contributed by atoms with van der Waals surface area (Å²) in [6.07, 6.45) is 5.51. The Bertz CT molecular complexity index is 826. The molecule has 4 rings (SSSR count). The van der Waals surface area contributed by atoms with Crippen LogP contribution in [-0.2, 0) is 4.74 Å². The second kappa shape index (κ2) is 8.91. The van der Waals surface area contributed by atoms with Crippen LogP contribution in [0.1, 0.15) is 51.2 Å². The molecule has 1 aromatic rings. The first-order valence-electron chi connectivity index (χ1n) is 11.7. The quantitative estimate of drug-likeness (QED) is 0.413. The third-order valence-corrected chi connectivity index (χ3v) is 6.84. The highest BCUT2D eigenvalue weighted by molar-refractivity contribution is 6.38. The Morgan fingerprint density at radius 1 is 1.19 bits per heavy atom. The molecule has 170 valence electrons. The van der Waals surface area contributed by atoms with Gasteiger partial charge in [-0.2, -0.15) is 5.10 Å². The van der Waals surface area contributed by atoms with Crippen LogP contribution in [0.15, 0.2) is 28.3 Å². The minimum atomic E-state index is 0.232. The van der Waals surface area contributed by atoms with E-state index in [1.165, 1.54) is 37.3 Å². The second-order valence-electron chi connectivity index (χ2n) is 11.0. The first-order chi connectivity index (χ1) is 14.8. The highest BCUT2D eigenvalue weighted by atomic mass is 16.5. The van der Waals surface area contributed by atoms with Crippen LogP contribution in [0.4, 0.5) is 5.69 Å². The van der Waals surface area contributed by atoms with Gasteiger partial charge in [0.05, 0.1) is 12.6 Å². The zero-order valence-electron chi connectivity index (χ0n) is 19.7. The molecule has 1 aromatic carbocycles. The molecule has 3 saturated heterocycles. The Morgan fingerprint density at radius 2 is 1.97 bits per heavy atom. The van der Waals surface area contributed by atoms with E-state index < -0.39 is 0 Å². The SMILES string of the molecule is Cc1cc(N2CC(C)(CN3CC(C)(C)C3)C2)ccc1/C(C=NCC1CCCCO1)=N/N. The molecule has 0 spiro atoms. The van der Waals surface area contributed by atoms with Gasteiger partial charge in [-0.3, -0.25) is 4.99 Å². The lowest BCUT2D eigenvalue weighted by Gasteiger charge is -2.55. The fourth-order valence-electron chi connectivity index (χ4n) is 5.49. The van der Waals surface area contributed by atoms with Gasteiger partial charge in [0.2, 0.25) is 0 Å². The summed E-state index contributed by atoms with van der Waals surface area (Å²) in [5.41, 5.74) is 5.13. The van der Waals surface area contributed by atoms with Crippen molar-refractivity contribution in [2.75, 3.05) is 50.8 Å². The minimum Gasteiger partial charge on any atom is -0.376 e. The fraction of sp³-hybridized carbons (Fsp3) is 0.680. The van der Waals surface area contributed by atoms with Crippen LogP contribution >= 0.6 is 0 Å². The Balaban J connectivity index is 1.32. The first kappa shape index (κ1) is 22.3. The van der Waals surface area contributed by atoms with Crippen molar-refractivity contribution in [1.29, 1.82) is 0 Å². The van der Waals surface area contributed by atoms with Crippen molar-refractivity contribution >= 4 is 17.6 Å². The lowest BCUT2D eigenvalue weighted by atomic mass is 9.77. The summed E-state index contributed by atoms with van der Waals surface area (Å²) >= 11 is 0. The first-order valence-corrected chi connectivity index (χ1v) is 11.7. The average Bonchev–Trinajstić information content (AvgIpc) is 2.69. The molecule has 3 aliphatic rings. The van der Waals surface area contributed by atoms with Crippen LogP contribution in [0, 0.1) is 17.8 Å². The molecule has 0 aliphatic carbocycles. The summed E-state index contributed by atoms with van der Waals surface area (Å²) in [6, 6.07) is 6.58. The van der Waals surface area contributed by atoms with Gasteiger partial charge in [0, 0.05) is 62.2 Å². The summed E-state index contributed by atoms with van der Waals surface area (Å²) in [5.74, 6) is 5.70. The number of aryl methyl sites for hydroxylation is 1. The summed E-state index contributed by atoms with van der Waals surface area (Å²) in [5, 5.41) is 4.00. The van der Waals surface area contributed by atoms with E-state index in [1.807, 2.05) is 0 Å². The number of nitrogens with two attached hydrogens (primary N) is 1. The van der Waals surface area contributed by atoms with Crippen molar-refractivity contribution in [1.82, 2.24) is 4.90 Å². The molecule has 3 heterocycles. The summed E-state index contributed by atoms with van der Waals surface area (Å²) < 4.78 is 5.75. The van der Waals surface area contributed by atoms with Crippen LogP contribution in [0.2, 0.25) is 0 Å². The second-order valence-corrected chi connectivity index (χ2v) is 11.0. The molecular formula is C25H39N5O. The van der Waals surface area contributed by atoms with E-state index in [0.717, 1.165) is 43.8 Å². The van der Waals surface area contributed by atoms with Gasteiger partial charge < -0.3 is 20.4 Å². The molecule has 0 saturated carbocycles. The molecule has 6 nitrogen and oxygen atoms in total. The van der Waals surface area contributed by atoms with E-state index in [1.54, 1.807) is 6.21 Å². The van der Waals surface area contributed by atoms with E-state index in [4.69, 9.17) is 10.6 Å². The van der Waals surface area contributed by atoms with Gasteiger partial charge in [-0.05, 0) is 49.3 Å². The van der Waals surface area contributed by atoms with Gasteiger partial charge in [-0.15, -0.1) is 0 Å². The van der Waals surface area contributed by atoms with Crippen LogP contribution in [0.3, 0.4) is 0 Å². The highest BCUT2D eigenvalue weighted by Gasteiger charge is 2.44. The number of ether oxygens (including phenoxy) is 1. The van der Waals surface area contributed by atoms with Crippen LogP contribution in [0.5, 0.6) is 0 Å². The van der Waals surface area contributed by atoms with Gasteiger partial charge in [0.25, 0.3) is 0 Å². The molecule has 1 unspecified atom stereocenters. The van der Waals surface area contributed by atoms with Crippen molar-refractivity contribution in [2.24, 2.45) is 26.8 Å². The van der Waals surface area contributed by atoms with E-state index in [2.05, 4.69) is 65.8 Å². The van der Waals surface area contributed by atoms with Crippen LogP contribution in [-0.4, -0.2) is 68.8 Å². The number of benzene rings is 1. The predicted molar refractivity (Wildman–Crippen MR) is 129 cm³/mol. The van der Waals surface area contributed by atoms with Gasteiger partial charge in [-0.1, -0.05) is 26.8 Å². The zero-order valence-corrected chi connectivity index (χ0v) is 19.7. The number of anilines is 1. The maximum absolute atomic E-state index is 5.75. The summed E-state index contributed by atoms with van der Waals surface area (Å²) in [4.78, 5) is 9.65. The third kappa shape index (κ3) is 5.29. The number of aliphatic imine (C=N–C) groups is 1. The number of rotatable bonds is 7. The van der Waals surface area contributed by atoms with Crippen molar-refractivity contribution in [3.63, 3.8) is 0 Å². The van der Waals surface area contributed by atoms with Crippen molar-refractivity contribution in [3.8, 4) is 0 Å². The van der Waals surface area contributed by atoms with Gasteiger partial charge in [0.15, 0.2) is 0 Å². The maximum atomic E-state index is 5.75. The zero-order chi connectivity index (χ0) is 22.1. The Morgan fingerprint density at radius 3 is 2.58 bits per heavy atom. The molecule has 6 heteroatoms. The van der Waals surface area contributed by atoms with Crippen LogP contribution < -0.4 is 10.7 Å². The summed E-state index contributed by atoms with van der Waals surface area (Å²) in [7, 11) is 0. The van der Waals surface area contributed by atoms with E-state index in [9.17, 15) is 0 Å².